The minimum atomic E-state index is -1.28. The van der Waals surface area contributed by atoms with Crippen molar-refractivity contribution < 1.29 is 24.6 Å². The molecule has 0 saturated carbocycles. The number of carbonyl (C=O) groups is 3. The lowest BCUT2D eigenvalue weighted by atomic mass is 9.85. The lowest BCUT2D eigenvalue weighted by Gasteiger charge is -2.20. The number of carbonyl (C=O) groups excluding carboxylic acids is 2. The maximum absolute atomic E-state index is 13.1. The Morgan fingerprint density at radius 2 is 1.78 bits per heavy atom. The Labute approximate surface area is 279 Å². The minimum absolute atomic E-state index is 0.0113. The average Bonchev–Trinajstić information content (AvgIpc) is 3.59. The van der Waals surface area contributed by atoms with Crippen LogP contribution in [0.2, 0.25) is 0 Å². The lowest BCUT2D eigenvalue weighted by molar-refractivity contribution is -0.139. The second-order valence-corrected chi connectivity index (χ2v) is 12.1. The van der Waals surface area contributed by atoms with E-state index in [9.17, 15) is 24.6 Å². The Kier molecular flexibility index (Phi) is 9.76. The fourth-order valence-electron chi connectivity index (χ4n) is 4.86. The lowest BCUT2D eigenvalue weighted by Crippen LogP contribution is -2.41. The molecule has 18 heteroatoms. The number of nitrogens with two attached hydrogens (primary N) is 2. The normalized spacial score (nSPS) is 12.0. The number of benzene rings is 2. The third-order valence-corrected chi connectivity index (χ3v) is 7.49. The van der Waals surface area contributed by atoms with Crippen molar-refractivity contribution >= 4 is 46.4 Å². The molecule has 0 aliphatic heterocycles. The molecule has 0 unspecified atom stereocenters. The summed E-state index contributed by atoms with van der Waals surface area (Å²) in [6.07, 6.45) is 1.73. The van der Waals surface area contributed by atoms with Crippen molar-refractivity contribution in [2.45, 2.75) is 51.6 Å². The highest BCUT2D eigenvalue weighted by atomic mass is 16.4. The molecule has 0 aliphatic carbocycles. The molecule has 254 valence electrons. The number of phenols is 1. The van der Waals surface area contributed by atoms with Crippen molar-refractivity contribution in [3.05, 3.63) is 65.0 Å². The van der Waals surface area contributed by atoms with E-state index in [1.807, 2.05) is 32.9 Å². The first kappa shape index (κ1) is 33.9. The van der Waals surface area contributed by atoms with Crippen LogP contribution in [0.25, 0.3) is 22.6 Å². The number of nitrogen functional groups attached to an aromatic ring is 2. The number of rotatable bonds is 12. The molecule has 3 heterocycles. The number of aromatic amines is 1. The number of nitrogens with zero attached hydrogens (tertiary/aromatic N) is 7. The van der Waals surface area contributed by atoms with Crippen LogP contribution < -0.4 is 27.4 Å². The van der Waals surface area contributed by atoms with Crippen molar-refractivity contribution in [1.29, 1.82) is 0 Å². The maximum Gasteiger partial charge on any atom is 0.326 e. The number of carboxylic acids is 1. The Balaban J connectivity index is 1.15. The molecule has 0 bridgehead atoms. The molecule has 0 radical (unpaired) electrons. The van der Waals surface area contributed by atoms with E-state index in [0.717, 1.165) is 5.56 Å². The summed E-state index contributed by atoms with van der Waals surface area (Å²) in [7, 11) is 0. The molecule has 0 saturated heterocycles. The summed E-state index contributed by atoms with van der Waals surface area (Å²) in [4.78, 5) is 54.4. The standard InChI is InChI=1S/C31H35N13O5/c1-31(2,3)15-6-8-18(20(11-15)25-41-43-44-42-25)27(46)34-10-4-5-21(29(48)49)38-28(47)19-9-7-16(12-22(19)45)35-13-17-14-36-26-23(37-17)24(32)39-30(33)40-26/h6-9,11-12,14,21,35,45H,4-5,10,13H2,1-3H3,(H,34,46)(H,38,47)(H,48,49)(H,41,42,43,44)(H4,32,33,36,39,40)/t21-/m0/s1. The first-order valence-electron chi connectivity index (χ1n) is 15.1. The molecule has 2 aromatic carbocycles. The number of fused-ring (bicyclic) bond motifs is 1. The van der Waals surface area contributed by atoms with Gasteiger partial charge in [-0.15, -0.1) is 10.2 Å². The Hall–Kier alpha value is -6.46. The summed E-state index contributed by atoms with van der Waals surface area (Å²) in [5.41, 5.74) is 14.5. The maximum atomic E-state index is 13.1. The van der Waals surface area contributed by atoms with Crippen LogP contribution in [0.3, 0.4) is 0 Å². The smallest absolute Gasteiger partial charge is 0.326 e. The zero-order chi connectivity index (χ0) is 35.3. The van der Waals surface area contributed by atoms with E-state index in [1.165, 1.54) is 18.3 Å². The fraction of sp³-hybridized carbons (Fsp3) is 0.290. The summed E-state index contributed by atoms with van der Waals surface area (Å²) in [5.74, 6) is -2.47. The van der Waals surface area contributed by atoms with Gasteiger partial charge in [-0.1, -0.05) is 26.8 Å². The number of amides is 2. The van der Waals surface area contributed by atoms with E-state index < -0.39 is 23.8 Å². The molecule has 0 aliphatic rings. The van der Waals surface area contributed by atoms with E-state index in [1.54, 1.807) is 12.1 Å². The third-order valence-electron chi connectivity index (χ3n) is 7.49. The van der Waals surface area contributed by atoms with Gasteiger partial charge in [0.15, 0.2) is 17.0 Å². The van der Waals surface area contributed by atoms with Crippen LogP contribution in [0.15, 0.2) is 42.6 Å². The number of anilines is 3. The number of aromatic hydroxyl groups is 1. The van der Waals surface area contributed by atoms with Crippen molar-refractivity contribution in [2.24, 2.45) is 0 Å². The van der Waals surface area contributed by atoms with Gasteiger partial charge < -0.3 is 37.6 Å². The molecule has 2 amide bonds. The molecule has 0 fully saturated rings. The summed E-state index contributed by atoms with van der Waals surface area (Å²) in [6, 6.07) is 8.34. The van der Waals surface area contributed by atoms with Crippen LogP contribution in [-0.4, -0.2) is 81.1 Å². The first-order chi connectivity index (χ1) is 23.3. The second-order valence-electron chi connectivity index (χ2n) is 12.1. The topological polar surface area (TPSA) is 286 Å². The monoisotopic (exact) mass is 669 g/mol. The van der Waals surface area contributed by atoms with Gasteiger partial charge in [-0.3, -0.25) is 9.59 Å². The number of aliphatic carboxylic acids is 1. The summed E-state index contributed by atoms with van der Waals surface area (Å²) >= 11 is 0. The highest BCUT2D eigenvalue weighted by Crippen LogP contribution is 2.29. The SMILES string of the molecule is CC(C)(C)c1ccc(C(=O)NCCC[C@H](NC(=O)c2ccc(NCc3cnc4nc(N)nc(N)c4n3)cc2O)C(=O)O)c(-c2nn[nH]n2)c1. The fourth-order valence-corrected chi connectivity index (χ4v) is 4.86. The van der Waals surface area contributed by atoms with E-state index in [-0.39, 0.29) is 65.9 Å². The molecule has 5 aromatic rings. The minimum Gasteiger partial charge on any atom is -0.507 e. The predicted molar refractivity (Wildman–Crippen MR) is 178 cm³/mol. The largest absolute Gasteiger partial charge is 0.507 e. The molecular formula is C31H35N13O5. The quantitative estimate of drug-likeness (QED) is 0.0878. The van der Waals surface area contributed by atoms with Crippen LogP contribution in [0.4, 0.5) is 17.5 Å². The molecule has 5 rings (SSSR count). The number of nitrogens with one attached hydrogen (secondary N) is 4. The van der Waals surface area contributed by atoms with Crippen LogP contribution in [0.1, 0.15) is 65.6 Å². The summed E-state index contributed by atoms with van der Waals surface area (Å²) in [5, 5.41) is 42.6. The first-order valence-corrected chi connectivity index (χ1v) is 15.1. The van der Waals surface area contributed by atoms with Crippen LogP contribution in [0.5, 0.6) is 5.75 Å². The van der Waals surface area contributed by atoms with Gasteiger partial charge >= 0.3 is 5.97 Å². The van der Waals surface area contributed by atoms with Gasteiger partial charge in [0.1, 0.15) is 11.8 Å². The van der Waals surface area contributed by atoms with Gasteiger partial charge in [0.05, 0.1) is 29.6 Å². The molecule has 0 spiro atoms. The van der Waals surface area contributed by atoms with Gasteiger partial charge in [0, 0.05) is 23.9 Å². The highest BCUT2D eigenvalue weighted by molar-refractivity contribution is 6.00. The number of carboxylic acid groups (broad SMARTS) is 1. The number of tetrazole rings is 1. The zero-order valence-electron chi connectivity index (χ0n) is 26.9. The molecule has 1 atom stereocenters. The Morgan fingerprint density at radius 1 is 1.00 bits per heavy atom. The van der Waals surface area contributed by atoms with E-state index >= 15 is 0 Å². The van der Waals surface area contributed by atoms with Gasteiger partial charge in [-0.25, -0.2) is 14.8 Å². The highest BCUT2D eigenvalue weighted by Gasteiger charge is 2.24. The molecule has 18 nitrogen and oxygen atoms in total. The van der Waals surface area contributed by atoms with Gasteiger partial charge in [0.2, 0.25) is 11.8 Å². The summed E-state index contributed by atoms with van der Waals surface area (Å²) < 4.78 is 0. The second kappa shape index (κ2) is 14.1. The van der Waals surface area contributed by atoms with Gasteiger partial charge in [-0.05, 0) is 53.3 Å². The third kappa shape index (κ3) is 8.10. The van der Waals surface area contributed by atoms with E-state index in [0.29, 0.717) is 28.0 Å². The number of hydrogen-bond donors (Lipinski definition) is 8. The van der Waals surface area contributed by atoms with E-state index in [2.05, 4.69) is 56.5 Å². The molecule has 49 heavy (non-hydrogen) atoms. The van der Waals surface area contributed by atoms with Crippen LogP contribution in [-0.2, 0) is 16.8 Å². The zero-order valence-corrected chi connectivity index (χ0v) is 26.9. The van der Waals surface area contributed by atoms with Gasteiger partial charge in [-0.2, -0.15) is 15.2 Å². The number of H-pyrrole nitrogens is 1. The average molecular weight is 670 g/mol. The van der Waals surface area contributed by atoms with Crippen LogP contribution >= 0.6 is 0 Å². The Morgan fingerprint density at radius 3 is 2.47 bits per heavy atom. The molecule has 10 N–H and O–H groups in total. The van der Waals surface area contributed by atoms with E-state index in [4.69, 9.17) is 11.5 Å². The molecular weight excluding hydrogens is 634 g/mol. The number of phenolic OH excluding ortho intramolecular Hbond substituents is 1. The van der Waals surface area contributed by atoms with Crippen molar-refractivity contribution in [3.63, 3.8) is 0 Å². The number of aromatic nitrogens is 8. The van der Waals surface area contributed by atoms with Crippen LogP contribution in [0, 0.1) is 0 Å². The Bertz CT molecular complexity index is 2010. The van der Waals surface area contributed by atoms with Crippen molar-refractivity contribution in [2.75, 3.05) is 23.3 Å². The van der Waals surface area contributed by atoms with Gasteiger partial charge in [0.25, 0.3) is 11.8 Å². The van der Waals surface area contributed by atoms with Crippen molar-refractivity contribution in [3.8, 4) is 17.1 Å². The predicted octanol–water partition coefficient (Wildman–Crippen LogP) is 1.77. The summed E-state index contributed by atoms with van der Waals surface area (Å²) in [6.45, 7) is 6.46. The molecule has 3 aromatic heterocycles. The van der Waals surface area contributed by atoms with Crippen molar-refractivity contribution in [1.82, 2.24) is 51.2 Å². The number of hydrogen-bond acceptors (Lipinski definition) is 14.